The maximum absolute atomic E-state index is 13.7. The third-order valence-electron chi connectivity index (χ3n) is 7.05. The van der Waals surface area contributed by atoms with Crippen molar-refractivity contribution in [1.82, 2.24) is 14.5 Å². The van der Waals surface area contributed by atoms with Gasteiger partial charge in [0.15, 0.2) is 0 Å². The molecule has 0 N–H and O–H groups in total. The van der Waals surface area contributed by atoms with E-state index in [1.807, 2.05) is 13.8 Å². The number of thioether (sulfide) groups is 1. The smallest absolute Gasteiger partial charge is 0.350 e. The first-order valence-corrected chi connectivity index (χ1v) is 13.0. The van der Waals surface area contributed by atoms with Gasteiger partial charge in [-0.1, -0.05) is 18.7 Å². The number of aryl methyl sites for hydroxylation is 1. The minimum absolute atomic E-state index is 0.0290. The number of amides is 1. The molecule has 9 heteroatoms. The van der Waals surface area contributed by atoms with Gasteiger partial charge in [0.05, 0.1) is 18.2 Å². The summed E-state index contributed by atoms with van der Waals surface area (Å²) in [6.45, 7) is 9.70. The van der Waals surface area contributed by atoms with Crippen LogP contribution in [0.3, 0.4) is 0 Å². The largest absolute Gasteiger partial charge is 0.379 e. The maximum Gasteiger partial charge on any atom is 0.350 e. The minimum atomic E-state index is -0.325. The number of nitrogens with zero attached hydrogens (tertiary/aromatic N) is 4. The summed E-state index contributed by atoms with van der Waals surface area (Å²) in [5, 5.41) is 0.896. The Kier molecular flexibility index (Phi) is 6.61. The molecule has 3 aromatic rings. The van der Waals surface area contributed by atoms with E-state index in [2.05, 4.69) is 22.5 Å². The number of carbonyl (C=O) groups excluding carboxylic acids is 1. The van der Waals surface area contributed by atoms with Gasteiger partial charge in [-0.05, 0) is 49.2 Å². The zero-order chi connectivity index (χ0) is 25.6. The molecule has 3 heterocycles. The summed E-state index contributed by atoms with van der Waals surface area (Å²) in [7, 11) is 1.66. The van der Waals surface area contributed by atoms with Gasteiger partial charge in [-0.2, -0.15) is 4.98 Å². The molecule has 0 saturated carbocycles. The van der Waals surface area contributed by atoms with Crippen LogP contribution in [0.1, 0.15) is 12.5 Å². The lowest BCUT2D eigenvalue weighted by Crippen LogP contribution is -2.54. The Morgan fingerprint density at radius 2 is 2.00 bits per heavy atom. The van der Waals surface area contributed by atoms with Gasteiger partial charge >= 0.3 is 5.69 Å². The summed E-state index contributed by atoms with van der Waals surface area (Å²) in [6, 6.07) is 8.53. The van der Waals surface area contributed by atoms with E-state index in [1.54, 1.807) is 40.5 Å². The topological polar surface area (TPSA) is 67.7 Å². The van der Waals surface area contributed by atoms with Crippen molar-refractivity contribution in [2.75, 3.05) is 37.4 Å². The molecule has 0 radical (unpaired) electrons. The first-order chi connectivity index (χ1) is 17.3. The molecule has 2 aliphatic rings. The highest BCUT2D eigenvalue weighted by Crippen LogP contribution is 2.43. The van der Waals surface area contributed by atoms with Crippen molar-refractivity contribution in [2.24, 2.45) is 0 Å². The molecule has 188 valence electrons. The minimum Gasteiger partial charge on any atom is -0.379 e. The first kappa shape index (κ1) is 24.5. The fourth-order valence-electron chi connectivity index (χ4n) is 5.20. The van der Waals surface area contributed by atoms with E-state index in [4.69, 9.17) is 4.74 Å². The van der Waals surface area contributed by atoms with Crippen LogP contribution in [0.25, 0.3) is 22.0 Å². The lowest BCUT2D eigenvalue weighted by atomic mass is 9.97. The lowest BCUT2D eigenvalue weighted by molar-refractivity contribution is -0.126. The van der Waals surface area contributed by atoms with Crippen molar-refractivity contribution in [3.05, 3.63) is 64.9 Å². The quantitative estimate of drug-likeness (QED) is 0.499. The van der Waals surface area contributed by atoms with Gasteiger partial charge in [0.25, 0.3) is 0 Å². The molecule has 1 saturated heterocycles. The van der Waals surface area contributed by atoms with Crippen LogP contribution in [-0.2, 0) is 16.1 Å². The highest BCUT2D eigenvalue weighted by atomic mass is 32.2. The molecule has 1 fully saturated rings. The Bertz CT molecular complexity index is 1410. The van der Waals surface area contributed by atoms with E-state index in [9.17, 15) is 14.0 Å². The summed E-state index contributed by atoms with van der Waals surface area (Å²) >= 11 is 1.66. The van der Waals surface area contributed by atoms with Crippen molar-refractivity contribution in [2.45, 2.75) is 37.4 Å². The monoisotopic (exact) mass is 508 g/mol. The Morgan fingerprint density at radius 1 is 1.25 bits per heavy atom. The number of benzene rings is 2. The van der Waals surface area contributed by atoms with Crippen LogP contribution in [0.15, 0.2) is 52.7 Å². The Hall–Kier alpha value is -3.17. The van der Waals surface area contributed by atoms with Crippen LogP contribution in [0.4, 0.5) is 10.2 Å². The number of methoxy groups -OCH3 is 1. The molecule has 1 amide bonds. The maximum atomic E-state index is 13.7. The third-order valence-corrected chi connectivity index (χ3v) is 8.27. The van der Waals surface area contributed by atoms with E-state index in [0.29, 0.717) is 37.7 Å². The predicted molar refractivity (Wildman–Crippen MR) is 141 cm³/mol. The van der Waals surface area contributed by atoms with Crippen LogP contribution in [0.5, 0.6) is 0 Å². The van der Waals surface area contributed by atoms with Gasteiger partial charge < -0.3 is 14.5 Å². The van der Waals surface area contributed by atoms with Gasteiger partial charge in [0, 0.05) is 54.4 Å². The third kappa shape index (κ3) is 4.20. The number of carbonyl (C=O) groups is 1. The summed E-state index contributed by atoms with van der Waals surface area (Å²) < 4.78 is 21.1. The van der Waals surface area contributed by atoms with Crippen LogP contribution in [0.2, 0.25) is 0 Å². The van der Waals surface area contributed by atoms with E-state index < -0.39 is 0 Å². The van der Waals surface area contributed by atoms with Crippen molar-refractivity contribution in [1.29, 1.82) is 0 Å². The first-order valence-electron chi connectivity index (χ1n) is 12.0. The van der Waals surface area contributed by atoms with E-state index in [-0.39, 0.29) is 29.6 Å². The van der Waals surface area contributed by atoms with E-state index >= 15 is 0 Å². The molecule has 5 rings (SSSR count). The summed E-state index contributed by atoms with van der Waals surface area (Å²) in [5.74, 6) is 0.931. The van der Waals surface area contributed by atoms with Gasteiger partial charge in [-0.15, -0.1) is 11.8 Å². The number of anilines is 1. The fraction of sp³-hybridized carbons (Fsp3) is 0.370. The second kappa shape index (κ2) is 9.71. The molecular formula is C27H29FN4O3S. The van der Waals surface area contributed by atoms with Gasteiger partial charge in [-0.3, -0.25) is 9.36 Å². The van der Waals surface area contributed by atoms with Crippen molar-refractivity contribution >= 4 is 34.4 Å². The Morgan fingerprint density at radius 3 is 2.67 bits per heavy atom. The van der Waals surface area contributed by atoms with Crippen LogP contribution in [-0.4, -0.2) is 65.0 Å². The molecule has 2 aromatic carbocycles. The molecular weight excluding hydrogens is 479 g/mol. The highest BCUT2D eigenvalue weighted by molar-refractivity contribution is 7.99. The molecule has 0 bridgehead atoms. The number of hydrogen-bond acceptors (Lipinski definition) is 6. The number of hydrogen-bond donors (Lipinski definition) is 0. The van der Waals surface area contributed by atoms with Crippen LogP contribution < -0.4 is 10.6 Å². The zero-order valence-electron chi connectivity index (χ0n) is 20.7. The average Bonchev–Trinajstić information content (AvgIpc) is 3.07. The molecule has 36 heavy (non-hydrogen) atoms. The number of halogens is 1. The molecule has 0 unspecified atom stereocenters. The SMILES string of the molecule is C=CC(=O)N1CCN(c2nc(=O)n3c4c(c(-c5ccc(F)cc5)c(C)cc24)SC[C@H](OC)C3)[C@@H](C)C1. The average molecular weight is 509 g/mol. The molecule has 1 aromatic heterocycles. The van der Waals surface area contributed by atoms with Crippen LogP contribution in [0, 0.1) is 12.7 Å². The molecule has 0 spiro atoms. The van der Waals surface area contributed by atoms with Crippen molar-refractivity contribution in [3.63, 3.8) is 0 Å². The Labute approximate surface area is 213 Å². The van der Waals surface area contributed by atoms with Crippen molar-refractivity contribution < 1.29 is 13.9 Å². The zero-order valence-corrected chi connectivity index (χ0v) is 21.5. The summed E-state index contributed by atoms with van der Waals surface area (Å²) in [6.07, 6.45) is 1.19. The number of ether oxygens (including phenoxy) is 1. The van der Waals surface area contributed by atoms with E-state index in [0.717, 1.165) is 32.5 Å². The van der Waals surface area contributed by atoms with E-state index in [1.165, 1.54) is 18.2 Å². The molecule has 0 aliphatic carbocycles. The second-order valence-corrected chi connectivity index (χ2v) is 10.4. The molecule has 7 nitrogen and oxygen atoms in total. The Balaban J connectivity index is 1.73. The number of piperazine rings is 1. The normalized spacial score (nSPS) is 19.9. The number of rotatable bonds is 4. The lowest BCUT2D eigenvalue weighted by Gasteiger charge is -2.40. The second-order valence-electron chi connectivity index (χ2n) is 9.33. The summed E-state index contributed by atoms with van der Waals surface area (Å²) in [5.41, 5.74) is 3.42. The van der Waals surface area contributed by atoms with Crippen LogP contribution >= 0.6 is 11.8 Å². The highest BCUT2D eigenvalue weighted by Gasteiger charge is 2.31. The fourth-order valence-corrected chi connectivity index (χ4v) is 6.58. The molecule has 2 aliphatic heterocycles. The predicted octanol–water partition coefficient (Wildman–Crippen LogP) is 3.85. The molecule has 2 atom stereocenters. The number of aromatic nitrogens is 2. The van der Waals surface area contributed by atoms with Crippen molar-refractivity contribution in [3.8, 4) is 11.1 Å². The standard InChI is InChI=1S/C27H29FN4O3S/c1-5-22(33)30-10-11-31(17(3)13-30)26-21-12-16(2)23(18-6-8-19(28)9-7-18)25-24(21)32(27(34)29-26)14-20(35-4)15-36-25/h5-9,12,17,20H,1,10-11,13-15H2,2-4H3/t17-,20+/m0/s1. The summed E-state index contributed by atoms with van der Waals surface area (Å²) in [4.78, 5) is 35.1. The van der Waals surface area contributed by atoms with Gasteiger partial charge in [-0.25, -0.2) is 9.18 Å². The van der Waals surface area contributed by atoms with Gasteiger partial charge in [0.2, 0.25) is 5.91 Å². The van der Waals surface area contributed by atoms with Gasteiger partial charge in [0.1, 0.15) is 11.6 Å².